The molecule has 0 saturated carbocycles. The van der Waals surface area contributed by atoms with Gasteiger partial charge < -0.3 is 10.2 Å². The van der Waals surface area contributed by atoms with Crippen molar-refractivity contribution in [2.45, 2.75) is 26.1 Å². The van der Waals surface area contributed by atoms with E-state index < -0.39 is 18.0 Å². The first-order chi connectivity index (χ1) is 4.59. The number of aliphatic hydroxyl groups excluding tert-OH is 2. The van der Waals surface area contributed by atoms with Gasteiger partial charge in [0.05, 0.1) is 6.10 Å². The van der Waals surface area contributed by atoms with Crippen LogP contribution in [0.1, 0.15) is 13.8 Å². The summed E-state index contributed by atoms with van der Waals surface area (Å²) in [4.78, 5) is 10.7. The van der Waals surface area contributed by atoms with E-state index in [9.17, 15) is 4.79 Å². The monoisotopic (exact) mass is 144 g/mol. The molecular formula is C7H12O3. The maximum Gasteiger partial charge on any atom is 0.186 e. The normalized spacial score (nSPS) is 17.2. The van der Waals surface area contributed by atoms with Gasteiger partial charge in [0, 0.05) is 0 Å². The van der Waals surface area contributed by atoms with Crippen molar-refractivity contribution in [2.75, 3.05) is 0 Å². The first kappa shape index (κ1) is 9.33. The molecule has 0 rings (SSSR count). The lowest BCUT2D eigenvalue weighted by Crippen LogP contribution is -2.30. The average molecular weight is 144 g/mol. The summed E-state index contributed by atoms with van der Waals surface area (Å²) >= 11 is 0. The van der Waals surface area contributed by atoms with E-state index in [4.69, 9.17) is 10.2 Å². The highest BCUT2D eigenvalue weighted by Gasteiger charge is 2.16. The van der Waals surface area contributed by atoms with Crippen LogP contribution in [0.3, 0.4) is 0 Å². The number of carbonyl (C=O) groups excluding carboxylic acids is 1. The summed E-state index contributed by atoms with van der Waals surface area (Å²) in [5.41, 5.74) is 0. The largest absolute Gasteiger partial charge is 0.390 e. The van der Waals surface area contributed by atoms with Gasteiger partial charge in [-0.3, -0.25) is 4.79 Å². The lowest BCUT2D eigenvalue weighted by Gasteiger charge is -2.08. The molecule has 2 atom stereocenters. The SMILES string of the molecule is CC=CC(=O)C(O)C(C)O. The predicted molar refractivity (Wildman–Crippen MR) is 37.5 cm³/mol. The third-order valence-electron chi connectivity index (χ3n) is 1.08. The molecule has 0 aliphatic carbocycles. The van der Waals surface area contributed by atoms with Gasteiger partial charge in [-0.15, -0.1) is 0 Å². The van der Waals surface area contributed by atoms with Crippen LogP contribution in [0, 0.1) is 0 Å². The van der Waals surface area contributed by atoms with Crippen LogP contribution < -0.4 is 0 Å². The Hall–Kier alpha value is -0.670. The molecule has 0 aliphatic rings. The molecule has 0 radical (unpaired) electrons. The fourth-order valence-electron chi connectivity index (χ4n) is 0.501. The number of carbonyl (C=O) groups is 1. The highest BCUT2D eigenvalue weighted by Crippen LogP contribution is 1.94. The number of rotatable bonds is 3. The average Bonchev–Trinajstić information content (AvgIpc) is 1.87. The highest BCUT2D eigenvalue weighted by atomic mass is 16.3. The lowest BCUT2D eigenvalue weighted by atomic mass is 10.1. The standard InChI is InChI=1S/C7H12O3/c1-3-4-6(9)7(10)5(2)8/h3-5,7-8,10H,1-2H3. The summed E-state index contributed by atoms with van der Waals surface area (Å²) in [5.74, 6) is -0.461. The minimum Gasteiger partial charge on any atom is -0.390 e. The molecule has 0 fully saturated rings. The molecule has 0 aromatic rings. The minimum absolute atomic E-state index is 0.461. The van der Waals surface area contributed by atoms with E-state index in [1.54, 1.807) is 6.92 Å². The van der Waals surface area contributed by atoms with Crippen molar-refractivity contribution in [1.29, 1.82) is 0 Å². The van der Waals surface area contributed by atoms with E-state index in [1.807, 2.05) is 0 Å². The fourth-order valence-corrected chi connectivity index (χ4v) is 0.501. The summed E-state index contributed by atoms with van der Waals surface area (Å²) < 4.78 is 0. The zero-order valence-electron chi connectivity index (χ0n) is 6.11. The maximum atomic E-state index is 10.7. The molecule has 2 unspecified atom stereocenters. The Morgan fingerprint density at radius 1 is 1.50 bits per heavy atom. The molecule has 0 amide bonds. The van der Waals surface area contributed by atoms with Gasteiger partial charge in [0.1, 0.15) is 6.10 Å². The third kappa shape index (κ3) is 2.75. The summed E-state index contributed by atoms with van der Waals surface area (Å²) in [6.45, 7) is 3.04. The summed E-state index contributed by atoms with van der Waals surface area (Å²) in [6.07, 6.45) is 0.477. The Morgan fingerprint density at radius 3 is 2.30 bits per heavy atom. The number of ketones is 1. The zero-order valence-corrected chi connectivity index (χ0v) is 6.11. The lowest BCUT2D eigenvalue weighted by molar-refractivity contribution is -0.127. The molecule has 0 heterocycles. The summed E-state index contributed by atoms with van der Waals surface area (Å²) in [7, 11) is 0. The van der Waals surface area contributed by atoms with Gasteiger partial charge in [0.25, 0.3) is 0 Å². The van der Waals surface area contributed by atoms with Crippen LogP contribution in [-0.4, -0.2) is 28.2 Å². The van der Waals surface area contributed by atoms with Crippen LogP contribution in [0.25, 0.3) is 0 Å². The summed E-state index contributed by atoms with van der Waals surface area (Å²) in [5, 5.41) is 17.6. The molecule has 58 valence electrons. The van der Waals surface area contributed by atoms with Crippen LogP contribution in [-0.2, 0) is 4.79 Å². The molecule has 0 aromatic heterocycles. The van der Waals surface area contributed by atoms with Crippen molar-refractivity contribution < 1.29 is 15.0 Å². The van der Waals surface area contributed by atoms with Crippen molar-refractivity contribution in [2.24, 2.45) is 0 Å². The summed E-state index contributed by atoms with van der Waals surface area (Å²) in [6, 6.07) is 0. The second kappa shape index (κ2) is 4.19. The molecule has 0 bridgehead atoms. The molecule has 0 spiro atoms. The first-order valence-corrected chi connectivity index (χ1v) is 3.12. The van der Waals surface area contributed by atoms with Crippen LogP contribution in [0.15, 0.2) is 12.2 Å². The van der Waals surface area contributed by atoms with Crippen LogP contribution in [0.5, 0.6) is 0 Å². The van der Waals surface area contributed by atoms with Crippen LogP contribution in [0.2, 0.25) is 0 Å². The Kier molecular flexibility index (Phi) is 3.91. The Bertz CT molecular complexity index is 138. The van der Waals surface area contributed by atoms with Crippen LogP contribution >= 0.6 is 0 Å². The van der Waals surface area contributed by atoms with Crippen molar-refractivity contribution in [3.8, 4) is 0 Å². The van der Waals surface area contributed by atoms with Gasteiger partial charge in [-0.2, -0.15) is 0 Å². The fraction of sp³-hybridized carbons (Fsp3) is 0.571. The third-order valence-corrected chi connectivity index (χ3v) is 1.08. The van der Waals surface area contributed by atoms with E-state index in [1.165, 1.54) is 19.1 Å². The number of hydrogen-bond donors (Lipinski definition) is 2. The zero-order chi connectivity index (χ0) is 8.15. The van der Waals surface area contributed by atoms with Gasteiger partial charge in [0.15, 0.2) is 5.78 Å². The van der Waals surface area contributed by atoms with E-state index in [0.717, 1.165) is 0 Å². The van der Waals surface area contributed by atoms with Gasteiger partial charge >= 0.3 is 0 Å². The van der Waals surface area contributed by atoms with Gasteiger partial charge in [-0.1, -0.05) is 6.08 Å². The molecule has 3 nitrogen and oxygen atoms in total. The van der Waals surface area contributed by atoms with Crippen LogP contribution in [0.4, 0.5) is 0 Å². The van der Waals surface area contributed by atoms with E-state index in [2.05, 4.69) is 0 Å². The second-order valence-corrected chi connectivity index (χ2v) is 2.09. The minimum atomic E-state index is -1.28. The predicted octanol–water partition coefficient (Wildman–Crippen LogP) is -0.127. The van der Waals surface area contributed by atoms with Crippen molar-refractivity contribution in [1.82, 2.24) is 0 Å². The Morgan fingerprint density at radius 2 is 2.00 bits per heavy atom. The van der Waals surface area contributed by atoms with Crippen molar-refractivity contribution in [3.05, 3.63) is 12.2 Å². The van der Waals surface area contributed by atoms with Gasteiger partial charge in [0.2, 0.25) is 0 Å². The molecule has 0 aliphatic heterocycles. The van der Waals surface area contributed by atoms with E-state index in [0.29, 0.717) is 0 Å². The molecule has 0 aromatic carbocycles. The quantitative estimate of drug-likeness (QED) is 0.542. The smallest absolute Gasteiger partial charge is 0.186 e. The number of hydrogen-bond acceptors (Lipinski definition) is 3. The van der Waals surface area contributed by atoms with Gasteiger partial charge in [-0.25, -0.2) is 0 Å². The van der Waals surface area contributed by atoms with Crippen molar-refractivity contribution in [3.63, 3.8) is 0 Å². The molecule has 3 heteroatoms. The Balaban J connectivity index is 3.95. The number of aliphatic hydroxyl groups is 2. The number of allylic oxidation sites excluding steroid dienone is 1. The Labute approximate surface area is 60.0 Å². The molecule has 10 heavy (non-hydrogen) atoms. The molecule has 2 N–H and O–H groups in total. The second-order valence-electron chi connectivity index (χ2n) is 2.09. The highest BCUT2D eigenvalue weighted by molar-refractivity contribution is 5.93. The molecule has 0 saturated heterocycles. The van der Waals surface area contributed by atoms with Crippen molar-refractivity contribution >= 4 is 5.78 Å². The topological polar surface area (TPSA) is 57.5 Å². The molecular weight excluding hydrogens is 132 g/mol. The maximum absolute atomic E-state index is 10.7. The van der Waals surface area contributed by atoms with Gasteiger partial charge in [-0.05, 0) is 19.9 Å². The van der Waals surface area contributed by atoms with E-state index in [-0.39, 0.29) is 0 Å². The first-order valence-electron chi connectivity index (χ1n) is 3.12. The van der Waals surface area contributed by atoms with E-state index >= 15 is 0 Å².